The van der Waals surface area contributed by atoms with Crippen molar-refractivity contribution < 1.29 is 5.11 Å². The van der Waals surface area contributed by atoms with E-state index in [4.69, 9.17) is 0 Å². The molecule has 0 bridgehead atoms. The minimum Gasteiger partial charge on any atom is -0.389 e. The third-order valence-corrected chi connectivity index (χ3v) is 4.29. The number of hydrogen-bond donors (Lipinski definition) is 2. The minimum absolute atomic E-state index is 0.396. The maximum absolute atomic E-state index is 10.5. The first-order valence-corrected chi connectivity index (χ1v) is 7.23. The van der Waals surface area contributed by atoms with E-state index in [-0.39, 0.29) is 0 Å². The molecule has 2 N–H and O–H groups in total. The average Bonchev–Trinajstić information content (AvgIpc) is 2.36. The van der Waals surface area contributed by atoms with Crippen LogP contribution in [0.25, 0.3) is 0 Å². The van der Waals surface area contributed by atoms with Gasteiger partial charge in [-0.15, -0.1) is 0 Å². The van der Waals surface area contributed by atoms with Gasteiger partial charge < -0.3 is 10.4 Å². The third kappa shape index (κ3) is 4.29. The van der Waals surface area contributed by atoms with Gasteiger partial charge >= 0.3 is 0 Å². The van der Waals surface area contributed by atoms with Crippen molar-refractivity contribution in [3.63, 3.8) is 0 Å². The Morgan fingerprint density at radius 2 is 1.89 bits per heavy atom. The van der Waals surface area contributed by atoms with Crippen LogP contribution in [0.4, 0.5) is 0 Å². The van der Waals surface area contributed by atoms with Crippen molar-refractivity contribution in [2.45, 2.75) is 58.6 Å². The van der Waals surface area contributed by atoms with Crippen LogP contribution in [-0.4, -0.2) is 22.2 Å². The summed E-state index contributed by atoms with van der Waals surface area (Å²) in [7, 11) is 0. The first-order chi connectivity index (χ1) is 8.89. The van der Waals surface area contributed by atoms with Gasteiger partial charge in [-0.2, -0.15) is 0 Å². The molecule has 0 unspecified atom stereocenters. The van der Waals surface area contributed by atoms with Gasteiger partial charge in [-0.25, -0.2) is 0 Å². The summed E-state index contributed by atoms with van der Waals surface area (Å²) in [6.07, 6.45) is 5.92. The Balaban J connectivity index is 1.78. The van der Waals surface area contributed by atoms with Crippen molar-refractivity contribution >= 4 is 0 Å². The molecule has 1 fully saturated rings. The summed E-state index contributed by atoms with van der Waals surface area (Å²) in [6.45, 7) is 8.02. The first-order valence-electron chi connectivity index (χ1n) is 7.23. The Morgan fingerprint density at radius 3 is 2.47 bits per heavy atom. The van der Waals surface area contributed by atoms with Crippen LogP contribution >= 0.6 is 0 Å². The van der Waals surface area contributed by atoms with Gasteiger partial charge in [0, 0.05) is 25.0 Å². The number of hydrogen-bond acceptors (Lipinski definition) is 3. The fourth-order valence-electron chi connectivity index (χ4n) is 2.61. The molecule has 0 atom stereocenters. The quantitative estimate of drug-likeness (QED) is 0.877. The summed E-state index contributed by atoms with van der Waals surface area (Å²) in [6, 6.07) is 4.11. The Kier molecular flexibility index (Phi) is 4.26. The number of aromatic nitrogens is 1. The minimum atomic E-state index is -0.520. The number of nitrogens with one attached hydrogen (secondary N) is 1. The van der Waals surface area contributed by atoms with Gasteiger partial charge in [-0.05, 0) is 49.7 Å². The standard InChI is InChI=1S/C16H26N2O/c1-13-4-5-14(11-18-13)10-17-12-16(19)8-6-15(2,3)7-9-16/h4-5,11,17,19H,6-10,12H2,1-3H3. The van der Waals surface area contributed by atoms with E-state index in [1.165, 1.54) is 5.56 Å². The van der Waals surface area contributed by atoms with Crippen LogP contribution in [0.1, 0.15) is 50.8 Å². The van der Waals surface area contributed by atoms with E-state index in [2.05, 4.69) is 30.2 Å². The molecule has 0 aliphatic heterocycles. The molecule has 0 saturated heterocycles. The number of pyridine rings is 1. The highest BCUT2D eigenvalue weighted by molar-refractivity contribution is 5.12. The van der Waals surface area contributed by atoms with E-state index < -0.39 is 5.60 Å². The van der Waals surface area contributed by atoms with Crippen LogP contribution in [0.2, 0.25) is 0 Å². The summed E-state index contributed by atoms with van der Waals surface area (Å²) >= 11 is 0. The molecular weight excluding hydrogens is 236 g/mol. The molecule has 1 aliphatic rings. The van der Waals surface area contributed by atoms with Crippen LogP contribution in [0, 0.1) is 12.3 Å². The molecule has 1 heterocycles. The highest BCUT2D eigenvalue weighted by atomic mass is 16.3. The maximum Gasteiger partial charge on any atom is 0.0772 e. The normalized spacial score (nSPS) is 21.3. The molecule has 3 nitrogen and oxygen atoms in total. The highest BCUT2D eigenvalue weighted by Crippen LogP contribution is 2.39. The number of rotatable bonds is 4. The zero-order chi connectivity index (χ0) is 13.9. The van der Waals surface area contributed by atoms with E-state index in [0.717, 1.165) is 37.9 Å². The lowest BCUT2D eigenvalue weighted by atomic mass is 9.71. The van der Waals surface area contributed by atoms with Crippen LogP contribution < -0.4 is 5.32 Å². The van der Waals surface area contributed by atoms with Gasteiger partial charge in [-0.3, -0.25) is 4.98 Å². The molecule has 0 spiro atoms. The van der Waals surface area contributed by atoms with E-state index in [1.807, 2.05) is 19.2 Å². The van der Waals surface area contributed by atoms with Crippen molar-refractivity contribution in [3.8, 4) is 0 Å². The van der Waals surface area contributed by atoms with E-state index in [1.54, 1.807) is 0 Å². The number of nitrogens with zero attached hydrogens (tertiary/aromatic N) is 1. The highest BCUT2D eigenvalue weighted by Gasteiger charge is 2.36. The van der Waals surface area contributed by atoms with Crippen molar-refractivity contribution in [2.75, 3.05) is 6.54 Å². The Hall–Kier alpha value is -0.930. The first kappa shape index (κ1) is 14.5. The van der Waals surface area contributed by atoms with Gasteiger partial charge in [0.1, 0.15) is 0 Å². The van der Waals surface area contributed by atoms with Gasteiger partial charge in [0.2, 0.25) is 0 Å². The Morgan fingerprint density at radius 1 is 1.21 bits per heavy atom. The summed E-state index contributed by atoms with van der Waals surface area (Å²) in [4.78, 5) is 4.28. The lowest BCUT2D eigenvalue weighted by Gasteiger charge is -2.40. The van der Waals surface area contributed by atoms with Gasteiger partial charge in [0.05, 0.1) is 5.60 Å². The van der Waals surface area contributed by atoms with E-state index in [9.17, 15) is 5.11 Å². The topological polar surface area (TPSA) is 45.1 Å². The van der Waals surface area contributed by atoms with Crippen LogP contribution in [0.15, 0.2) is 18.3 Å². The van der Waals surface area contributed by atoms with Crippen LogP contribution in [0.3, 0.4) is 0 Å². The number of aliphatic hydroxyl groups is 1. The predicted molar refractivity (Wildman–Crippen MR) is 77.9 cm³/mol. The summed E-state index contributed by atoms with van der Waals surface area (Å²) in [5, 5.41) is 13.9. The van der Waals surface area contributed by atoms with E-state index >= 15 is 0 Å². The molecule has 1 saturated carbocycles. The van der Waals surface area contributed by atoms with Gasteiger partial charge in [0.15, 0.2) is 0 Å². The molecule has 1 aromatic rings. The van der Waals surface area contributed by atoms with Crippen molar-refractivity contribution in [1.29, 1.82) is 0 Å². The molecular formula is C16H26N2O. The summed E-state index contributed by atoms with van der Waals surface area (Å²) in [5.74, 6) is 0. The fourth-order valence-corrected chi connectivity index (χ4v) is 2.61. The van der Waals surface area contributed by atoms with Crippen molar-refractivity contribution in [3.05, 3.63) is 29.6 Å². The molecule has 1 aliphatic carbocycles. The van der Waals surface area contributed by atoms with E-state index in [0.29, 0.717) is 12.0 Å². The second-order valence-corrected chi connectivity index (χ2v) is 6.80. The molecule has 2 rings (SSSR count). The molecule has 0 amide bonds. The molecule has 3 heteroatoms. The second-order valence-electron chi connectivity index (χ2n) is 6.80. The average molecular weight is 262 g/mol. The molecule has 106 valence electrons. The molecule has 0 aromatic carbocycles. The monoisotopic (exact) mass is 262 g/mol. The van der Waals surface area contributed by atoms with Gasteiger partial charge in [-0.1, -0.05) is 19.9 Å². The largest absolute Gasteiger partial charge is 0.389 e. The summed E-state index contributed by atoms with van der Waals surface area (Å²) < 4.78 is 0. The lowest BCUT2D eigenvalue weighted by molar-refractivity contribution is -0.0245. The van der Waals surface area contributed by atoms with Crippen LogP contribution in [0.5, 0.6) is 0 Å². The van der Waals surface area contributed by atoms with Crippen LogP contribution in [-0.2, 0) is 6.54 Å². The molecule has 19 heavy (non-hydrogen) atoms. The summed E-state index contributed by atoms with van der Waals surface area (Å²) in [5.41, 5.74) is 2.09. The SMILES string of the molecule is Cc1ccc(CNCC2(O)CCC(C)(C)CC2)cn1. The van der Waals surface area contributed by atoms with Crippen molar-refractivity contribution in [1.82, 2.24) is 10.3 Å². The molecule has 1 aromatic heterocycles. The zero-order valence-corrected chi connectivity index (χ0v) is 12.4. The van der Waals surface area contributed by atoms with Crippen molar-refractivity contribution in [2.24, 2.45) is 5.41 Å². The maximum atomic E-state index is 10.5. The Bertz CT molecular complexity index is 401. The second kappa shape index (κ2) is 5.59. The smallest absolute Gasteiger partial charge is 0.0772 e. The number of aryl methyl sites for hydroxylation is 1. The third-order valence-electron chi connectivity index (χ3n) is 4.29. The fraction of sp³-hybridized carbons (Fsp3) is 0.688. The van der Waals surface area contributed by atoms with Gasteiger partial charge in [0.25, 0.3) is 0 Å². The Labute approximate surface area is 116 Å². The zero-order valence-electron chi connectivity index (χ0n) is 12.4. The predicted octanol–water partition coefficient (Wildman–Crippen LogP) is 2.81. The molecule has 0 radical (unpaired) electrons. The lowest BCUT2D eigenvalue weighted by Crippen LogP contribution is -2.44.